The van der Waals surface area contributed by atoms with Crippen LogP contribution in [0, 0.1) is 0 Å². The zero-order valence-corrected chi connectivity index (χ0v) is 14.2. The highest BCUT2D eigenvalue weighted by molar-refractivity contribution is 7.16. The van der Waals surface area contributed by atoms with Crippen molar-refractivity contribution >= 4 is 34.3 Å². The quantitative estimate of drug-likeness (QED) is 0.739. The summed E-state index contributed by atoms with van der Waals surface area (Å²) in [6.45, 7) is 2.93. The van der Waals surface area contributed by atoms with Crippen LogP contribution in [0.5, 0.6) is 0 Å². The molecule has 0 amide bonds. The monoisotopic (exact) mass is 329 g/mol. The van der Waals surface area contributed by atoms with Gasteiger partial charge in [-0.25, -0.2) is 0 Å². The highest BCUT2D eigenvalue weighted by Gasteiger charge is 2.20. The van der Waals surface area contributed by atoms with E-state index < -0.39 is 0 Å². The average Bonchev–Trinajstić information content (AvgIpc) is 3.07. The largest absolute Gasteiger partial charge is 0.383 e. The molecule has 110 valence electrons. The fraction of sp³-hybridized carbons (Fsp3) is 0.467. The normalized spacial score (nSPS) is 14.3. The lowest BCUT2D eigenvalue weighted by molar-refractivity contribution is 0.158. The van der Waals surface area contributed by atoms with Crippen LogP contribution in [0.2, 0.25) is 4.34 Å². The Bertz CT molecular complexity index is 492. The average molecular weight is 330 g/mol. The second-order valence-corrected chi connectivity index (χ2v) is 7.42. The van der Waals surface area contributed by atoms with Crippen molar-refractivity contribution in [3.63, 3.8) is 0 Å². The fourth-order valence-corrected chi connectivity index (χ4v) is 4.26. The van der Waals surface area contributed by atoms with Crippen molar-refractivity contribution < 1.29 is 4.74 Å². The van der Waals surface area contributed by atoms with Crippen molar-refractivity contribution in [2.45, 2.75) is 31.8 Å². The predicted molar refractivity (Wildman–Crippen MR) is 89.2 cm³/mol. The van der Waals surface area contributed by atoms with Gasteiger partial charge in [0.1, 0.15) is 0 Å². The maximum Gasteiger partial charge on any atom is 0.0931 e. The van der Waals surface area contributed by atoms with Gasteiger partial charge in [-0.3, -0.25) is 5.32 Å². The van der Waals surface area contributed by atoms with Crippen molar-refractivity contribution in [2.75, 3.05) is 13.7 Å². The van der Waals surface area contributed by atoms with Crippen LogP contribution in [-0.4, -0.2) is 19.8 Å². The first kappa shape index (κ1) is 16.0. The number of methoxy groups -OCH3 is 1. The molecule has 2 aromatic heterocycles. The van der Waals surface area contributed by atoms with E-state index in [0.29, 0.717) is 6.04 Å². The van der Waals surface area contributed by atoms with Crippen LogP contribution >= 0.6 is 34.3 Å². The molecular formula is C15H20ClNOS2. The van der Waals surface area contributed by atoms with Gasteiger partial charge in [0.05, 0.1) is 17.0 Å². The SMILES string of the molecule is CCCC(COC)NC(c1cccs1)c1ccc(Cl)s1. The van der Waals surface area contributed by atoms with Gasteiger partial charge in [0.2, 0.25) is 0 Å². The van der Waals surface area contributed by atoms with Gasteiger partial charge in [0.15, 0.2) is 0 Å². The molecule has 0 aromatic carbocycles. The minimum Gasteiger partial charge on any atom is -0.383 e. The third kappa shape index (κ3) is 4.30. The first-order valence-corrected chi connectivity index (χ1v) is 8.85. The van der Waals surface area contributed by atoms with E-state index >= 15 is 0 Å². The summed E-state index contributed by atoms with van der Waals surface area (Å²) >= 11 is 9.51. The van der Waals surface area contributed by atoms with Crippen LogP contribution < -0.4 is 5.32 Å². The second kappa shape index (κ2) is 8.15. The molecule has 0 aliphatic heterocycles. The number of hydrogen-bond donors (Lipinski definition) is 1. The van der Waals surface area contributed by atoms with Crippen molar-refractivity contribution in [2.24, 2.45) is 0 Å². The maximum atomic E-state index is 6.09. The third-order valence-electron chi connectivity index (χ3n) is 3.11. The molecule has 2 rings (SSSR count). The Morgan fingerprint density at radius 2 is 2.15 bits per heavy atom. The Kier molecular flexibility index (Phi) is 6.52. The number of halogens is 1. The lowest BCUT2D eigenvalue weighted by atomic mass is 10.1. The van der Waals surface area contributed by atoms with Gasteiger partial charge in [-0.05, 0) is 30.0 Å². The van der Waals surface area contributed by atoms with Crippen LogP contribution in [0.4, 0.5) is 0 Å². The summed E-state index contributed by atoms with van der Waals surface area (Å²) < 4.78 is 6.17. The standard InChI is InChI=1S/C15H20ClNOS2/c1-3-5-11(10-18-2)17-15(12-6-4-9-19-12)13-7-8-14(16)20-13/h4,6-9,11,15,17H,3,5,10H2,1-2H3. The van der Waals surface area contributed by atoms with Crippen LogP contribution in [0.3, 0.4) is 0 Å². The minimum absolute atomic E-state index is 0.208. The van der Waals surface area contributed by atoms with E-state index in [1.165, 1.54) is 9.75 Å². The third-order valence-corrected chi connectivity index (χ3v) is 5.35. The molecule has 0 aliphatic rings. The minimum atomic E-state index is 0.208. The maximum absolute atomic E-state index is 6.09. The number of nitrogens with one attached hydrogen (secondary N) is 1. The molecule has 2 unspecified atom stereocenters. The first-order chi connectivity index (χ1) is 9.74. The highest BCUT2D eigenvalue weighted by Crippen LogP contribution is 2.33. The van der Waals surface area contributed by atoms with E-state index in [1.54, 1.807) is 29.8 Å². The Morgan fingerprint density at radius 3 is 2.70 bits per heavy atom. The molecule has 0 aliphatic carbocycles. The first-order valence-electron chi connectivity index (χ1n) is 6.78. The van der Waals surface area contributed by atoms with Crippen molar-refractivity contribution in [1.82, 2.24) is 5.32 Å². The van der Waals surface area contributed by atoms with Gasteiger partial charge in [0, 0.05) is 22.9 Å². The zero-order chi connectivity index (χ0) is 14.4. The van der Waals surface area contributed by atoms with E-state index in [0.717, 1.165) is 23.8 Å². The second-order valence-electron chi connectivity index (χ2n) is 4.70. The lowest BCUT2D eigenvalue weighted by Gasteiger charge is -2.24. The Hall–Kier alpha value is -0.390. The lowest BCUT2D eigenvalue weighted by Crippen LogP contribution is -2.36. The van der Waals surface area contributed by atoms with Gasteiger partial charge < -0.3 is 4.74 Å². The Labute approximate surface area is 133 Å². The Morgan fingerprint density at radius 1 is 1.30 bits per heavy atom. The smallest absolute Gasteiger partial charge is 0.0931 e. The van der Waals surface area contributed by atoms with Crippen LogP contribution in [0.15, 0.2) is 29.6 Å². The molecule has 5 heteroatoms. The van der Waals surface area contributed by atoms with Crippen molar-refractivity contribution in [1.29, 1.82) is 0 Å². The summed E-state index contributed by atoms with van der Waals surface area (Å²) in [5.41, 5.74) is 0. The van der Waals surface area contributed by atoms with E-state index in [4.69, 9.17) is 16.3 Å². The van der Waals surface area contributed by atoms with E-state index in [9.17, 15) is 0 Å². The summed E-state index contributed by atoms with van der Waals surface area (Å²) in [6, 6.07) is 8.91. The van der Waals surface area contributed by atoms with Crippen LogP contribution in [0.25, 0.3) is 0 Å². The molecular weight excluding hydrogens is 310 g/mol. The number of hydrogen-bond acceptors (Lipinski definition) is 4. The van der Waals surface area contributed by atoms with E-state index in [1.807, 2.05) is 6.07 Å². The van der Waals surface area contributed by atoms with E-state index in [2.05, 4.69) is 35.8 Å². The molecule has 0 saturated carbocycles. The number of rotatable bonds is 8. The van der Waals surface area contributed by atoms with Crippen LogP contribution in [0.1, 0.15) is 35.6 Å². The highest BCUT2D eigenvalue weighted by atomic mass is 35.5. The molecule has 0 saturated heterocycles. The summed E-state index contributed by atoms with van der Waals surface area (Å²) in [7, 11) is 1.76. The zero-order valence-electron chi connectivity index (χ0n) is 11.8. The molecule has 0 bridgehead atoms. The summed E-state index contributed by atoms with van der Waals surface area (Å²) in [6.07, 6.45) is 2.25. The molecule has 2 nitrogen and oxygen atoms in total. The Balaban J connectivity index is 2.18. The summed E-state index contributed by atoms with van der Waals surface area (Å²) in [5, 5.41) is 5.84. The van der Waals surface area contributed by atoms with Gasteiger partial charge in [-0.15, -0.1) is 22.7 Å². The van der Waals surface area contributed by atoms with E-state index in [-0.39, 0.29) is 6.04 Å². The van der Waals surface area contributed by atoms with Gasteiger partial charge in [0.25, 0.3) is 0 Å². The van der Waals surface area contributed by atoms with Crippen LogP contribution in [-0.2, 0) is 4.74 Å². The molecule has 2 aromatic rings. The topological polar surface area (TPSA) is 21.3 Å². The number of thiophene rings is 2. The fourth-order valence-electron chi connectivity index (χ4n) is 2.24. The molecule has 0 fully saturated rings. The van der Waals surface area contributed by atoms with Gasteiger partial charge in [-0.1, -0.05) is 31.0 Å². The summed E-state index contributed by atoms with van der Waals surface area (Å²) in [4.78, 5) is 2.58. The number of ether oxygens (including phenoxy) is 1. The molecule has 0 spiro atoms. The molecule has 0 radical (unpaired) electrons. The predicted octanol–water partition coefficient (Wildman–Crippen LogP) is 4.96. The van der Waals surface area contributed by atoms with Crippen molar-refractivity contribution in [3.8, 4) is 0 Å². The van der Waals surface area contributed by atoms with Gasteiger partial charge in [-0.2, -0.15) is 0 Å². The molecule has 20 heavy (non-hydrogen) atoms. The summed E-state index contributed by atoms with van der Waals surface area (Å²) in [5.74, 6) is 0. The molecule has 1 N–H and O–H groups in total. The van der Waals surface area contributed by atoms with Crippen molar-refractivity contribution in [3.05, 3.63) is 43.7 Å². The van der Waals surface area contributed by atoms with Gasteiger partial charge >= 0.3 is 0 Å². The molecule has 2 heterocycles. The molecule has 2 atom stereocenters.